The second-order valence-electron chi connectivity index (χ2n) is 6.77. The number of imidazole rings is 1. The number of carbonyl (C=O) groups excluding carboxylic acids is 1. The number of nitrogens with one attached hydrogen (secondary N) is 1. The third-order valence-electron chi connectivity index (χ3n) is 4.57. The topological polar surface area (TPSA) is 76.4 Å². The van der Waals surface area contributed by atoms with Gasteiger partial charge in [-0.2, -0.15) is 0 Å². The minimum Gasteiger partial charge on any atom is -0.506 e. The van der Waals surface area contributed by atoms with E-state index in [9.17, 15) is 9.90 Å². The van der Waals surface area contributed by atoms with Crippen LogP contribution in [0.1, 0.15) is 11.4 Å². The molecule has 4 rings (SSSR count). The molecule has 6 heteroatoms. The van der Waals surface area contributed by atoms with Crippen molar-refractivity contribution >= 4 is 22.6 Å². The fraction of sp³-hybridized carbons (Fsp3) is 0.130. The summed E-state index contributed by atoms with van der Waals surface area (Å²) in [5, 5.41) is 12.8. The van der Waals surface area contributed by atoms with Gasteiger partial charge in [0.1, 0.15) is 30.5 Å². The van der Waals surface area contributed by atoms with E-state index in [0.717, 1.165) is 22.3 Å². The second kappa shape index (κ2) is 8.06. The van der Waals surface area contributed by atoms with Crippen molar-refractivity contribution in [2.45, 2.75) is 20.1 Å². The molecule has 0 radical (unpaired) electrons. The third kappa shape index (κ3) is 4.21. The van der Waals surface area contributed by atoms with Crippen LogP contribution in [0.4, 0.5) is 5.69 Å². The van der Waals surface area contributed by atoms with Crippen LogP contribution >= 0.6 is 0 Å². The molecule has 3 aromatic carbocycles. The van der Waals surface area contributed by atoms with Gasteiger partial charge in [-0.1, -0.05) is 36.4 Å². The van der Waals surface area contributed by atoms with Crippen LogP contribution in [0.2, 0.25) is 0 Å². The molecule has 2 N–H and O–H groups in total. The molecule has 0 bridgehead atoms. The summed E-state index contributed by atoms with van der Waals surface area (Å²) in [6, 6.07) is 22.3. The molecule has 0 saturated heterocycles. The summed E-state index contributed by atoms with van der Waals surface area (Å²) >= 11 is 0. The fourth-order valence-corrected chi connectivity index (χ4v) is 3.16. The number of carbonyl (C=O) groups is 1. The molecule has 1 aromatic heterocycles. The van der Waals surface area contributed by atoms with Crippen molar-refractivity contribution in [3.05, 3.63) is 84.2 Å². The zero-order chi connectivity index (χ0) is 20.2. The standard InChI is InChI=1S/C23H21N3O3/c1-16-11-12-19(21(27)13-16)25-23(28)14-26-20-10-6-5-9-18(20)24-22(26)15-29-17-7-3-2-4-8-17/h2-13,27H,14-15H2,1H3,(H,25,28). The van der Waals surface area contributed by atoms with E-state index < -0.39 is 0 Å². The van der Waals surface area contributed by atoms with Crippen LogP contribution in [0.5, 0.6) is 11.5 Å². The molecule has 0 saturated carbocycles. The maximum atomic E-state index is 12.7. The van der Waals surface area contributed by atoms with Crippen molar-refractivity contribution in [2.75, 3.05) is 5.32 Å². The maximum Gasteiger partial charge on any atom is 0.244 e. The first-order chi connectivity index (χ1) is 14.1. The molecule has 0 unspecified atom stereocenters. The number of phenolic OH excluding ortho intramolecular Hbond substituents is 1. The van der Waals surface area contributed by atoms with Gasteiger partial charge in [-0.15, -0.1) is 0 Å². The van der Waals surface area contributed by atoms with Gasteiger partial charge in [0.15, 0.2) is 0 Å². The highest BCUT2D eigenvalue weighted by Crippen LogP contribution is 2.24. The van der Waals surface area contributed by atoms with E-state index in [0.29, 0.717) is 11.5 Å². The Bertz CT molecular complexity index is 1150. The lowest BCUT2D eigenvalue weighted by molar-refractivity contribution is -0.116. The lowest BCUT2D eigenvalue weighted by Crippen LogP contribution is -2.20. The summed E-state index contributed by atoms with van der Waals surface area (Å²) in [6.07, 6.45) is 0. The van der Waals surface area contributed by atoms with Crippen molar-refractivity contribution in [1.82, 2.24) is 9.55 Å². The van der Waals surface area contributed by atoms with Crippen molar-refractivity contribution in [1.29, 1.82) is 0 Å². The van der Waals surface area contributed by atoms with Crippen LogP contribution in [0.3, 0.4) is 0 Å². The SMILES string of the molecule is Cc1ccc(NC(=O)Cn2c(COc3ccccc3)nc3ccccc32)c(O)c1. The van der Waals surface area contributed by atoms with Gasteiger partial charge < -0.3 is 19.7 Å². The molecule has 0 fully saturated rings. The molecule has 0 aliphatic carbocycles. The molecule has 0 atom stereocenters. The van der Waals surface area contributed by atoms with Gasteiger partial charge in [-0.3, -0.25) is 4.79 Å². The predicted molar refractivity (Wildman–Crippen MR) is 112 cm³/mol. The zero-order valence-corrected chi connectivity index (χ0v) is 16.0. The van der Waals surface area contributed by atoms with Crippen LogP contribution in [-0.2, 0) is 17.9 Å². The van der Waals surface area contributed by atoms with Crippen molar-refractivity contribution in [3.8, 4) is 11.5 Å². The first-order valence-electron chi connectivity index (χ1n) is 9.31. The Balaban J connectivity index is 1.57. The number of aromatic hydroxyl groups is 1. The van der Waals surface area contributed by atoms with Gasteiger partial charge in [0, 0.05) is 0 Å². The number of rotatable bonds is 6. The lowest BCUT2D eigenvalue weighted by atomic mass is 10.2. The highest BCUT2D eigenvalue weighted by molar-refractivity contribution is 5.93. The van der Waals surface area contributed by atoms with Crippen LogP contribution in [0.25, 0.3) is 11.0 Å². The molecule has 1 amide bonds. The molecular weight excluding hydrogens is 366 g/mol. The highest BCUT2D eigenvalue weighted by Gasteiger charge is 2.15. The van der Waals surface area contributed by atoms with Crippen LogP contribution < -0.4 is 10.1 Å². The Morgan fingerprint density at radius 1 is 1.07 bits per heavy atom. The number of aryl methyl sites for hydroxylation is 1. The summed E-state index contributed by atoms with van der Waals surface area (Å²) in [5.41, 5.74) is 2.95. The zero-order valence-electron chi connectivity index (χ0n) is 16.0. The van der Waals surface area contributed by atoms with Gasteiger partial charge in [-0.05, 0) is 48.9 Å². The van der Waals surface area contributed by atoms with E-state index in [-0.39, 0.29) is 24.8 Å². The normalized spacial score (nSPS) is 10.8. The predicted octanol–water partition coefficient (Wildman–Crippen LogP) is 4.27. The molecule has 0 aliphatic heterocycles. The first-order valence-corrected chi connectivity index (χ1v) is 9.31. The minimum atomic E-state index is -0.256. The number of phenols is 1. The number of aromatic nitrogens is 2. The maximum absolute atomic E-state index is 12.7. The van der Waals surface area contributed by atoms with Gasteiger partial charge in [0.2, 0.25) is 5.91 Å². The second-order valence-corrected chi connectivity index (χ2v) is 6.77. The monoisotopic (exact) mass is 387 g/mol. The minimum absolute atomic E-state index is 0.0430. The van der Waals surface area contributed by atoms with Crippen molar-refractivity contribution < 1.29 is 14.6 Å². The lowest BCUT2D eigenvalue weighted by Gasteiger charge is -2.12. The molecule has 0 aliphatic rings. The molecule has 6 nitrogen and oxygen atoms in total. The summed E-state index contributed by atoms with van der Waals surface area (Å²) in [4.78, 5) is 17.3. The molecular formula is C23H21N3O3. The molecule has 146 valence electrons. The number of para-hydroxylation sites is 3. The number of hydrogen-bond donors (Lipinski definition) is 2. The number of fused-ring (bicyclic) bond motifs is 1. The Labute approximate surface area is 168 Å². The van der Waals surface area contributed by atoms with E-state index in [2.05, 4.69) is 10.3 Å². The van der Waals surface area contributed by atoms with E-state index >= 15 is 0 Å². The average Bonchev–Trinajstić information content (AvgIpc) is 3.07. The number of amides is 1. The Kier molecular flexibility index (Phi) is 5.16. The van der Waals surface area contributed by atoms with Crippen LogP contribution in [-0.4, -0.2) is 20.6 Å². The first kappa shape index (κ1) is 18.6. The Morgan fingerprint density at radius 3 is 2.62 bits per heavy atom. The number of ether oxygens (including phenoxy) is 1. The van der Waals surface area contributed by atoms with Crippen LogP contribution in [0.15, 0.2) is 72.8 Å². The van der Waals surface area contributed by atoms with Crippen molar-refractivity contribution in [2.24, 2.45) is 0 Å². The number of benzene rings is 3. The Hall–Kier alpha value is -3.80. The quantitative estimate of drug-likeness (QED) is 0.485. The van der Waals surface area contributed by atoms with Crippen LogP contribution in [0, 0.1) is 6.92 Å². The Morgan fingerprint density at radius 2 is 1.83 bits per heavy atom. The van der Waals surface area contributed by atoms with Gasteiger partial charge in [-0.25, -0.2) is 4.98 Å². The summed E-state index contributed by atoms with van der Waals surface area (Å²) in [6.45, 7) is 2.17. The summed E-state index contributed by atoms with van der Waals surface area (Å²) in [7, 11) is 0. The summed E-state index contributed by atoms with van der Waals surface area (Å²) < 4.78 is 7.67. The number of nitrogens with zero attached hydrogens (tertiary/aromatic N) is 2. The molecule has 1 heterocycles. The van der Waals surface area contributed by atoms with Gasteiger partial charge >= 0.3 is 0 Å². The molecule has 4 aromatic rings. The third-order valence-corrected chi connectivity index (χ3v) is 4.57. The highest BCUT2D eigenvalue weighted by atomic mass is 16.5. The fourth-order valence-electron chi connectivity index (χ4n) is 3.16. The number of anilines is 1. The van der Waals surface area contributed by atoms with Crippen molar-refractivity contribution in [3.63, 3.8) is 0 Å². The van der Waals surface area contributed by atoms with E-state index in [1.165, 1.54) is 0 Å². The average molecular weight is 387 g/mol. The van der Waals surface area contributed by atoms with E-state index in [1.54, 1.807) is 12.1 Å². The van der Waals surface area contributed by atoms with E-state index in [1.807, 2.05) is 72.2 Å². The molecule has 29 heavy (non-hydrogen) atoms. The van der Waals surface area contributed by atoms with Gasteiger partial charge in [0.05, 0.1) is 16.7 Å². The number of hydrogen-bond acceptors (Lipinski definition) is 4. The van der Waals surface area contributed by atoms with E-state index in [4.69, 9.17) is 4.74 Å². The largest absolute Gasteiger partial charge is 0.506 e. The smallest absolute Gasteiger partial charge is 0.244 e. The molecule has 0 spiro atoms. The summed E-state index contributed by atoms with van der Waals surface area (Å²) in [5.74, 6) is 1.17. The van der Waals surface area contributed by atoms with Gasteiger partial charge in [0.25, 0.3) is 0 Å².